The molecule has 0 aliphatic carbocycles. The van der Waals surface area contributed by atoms with Crippen molar-refractivity contribution in [3.05, 3.63) is 71.3 Å². The summed E-state index contributed by atoms with van der Waals surface area (Å²) in [6.07, 6.45) is 5.10. The van der Waals surface area contributed by atoms with E-state index in [0.717, 1.165) is 36.8 Å². The first kappa shape index (κ1) is 22.1. The standard InChI is InChI=1S/C23H28N6.HI/c1-4-24-23(27-14-19-15-29-17(3)6-5-7-22(29)28-19)25-11-10-18-13-26-21-12-16(2)8-9-20(18)21;/h5-9,12-13,15,26H,4,10-11,14H2,1-3H3,(H2,24,25,27);1H. The molecule has 6 nitrogen and oxygen atoms in total. The van der Waals surface area contributed by atoms with Crippen LogP contribution in [-0.4, -0.2) is 33.4 Å². The molecule has 0 aliphatic rings. The van der Waals surface area contributed by atoms with Gasteiger partial charge in [0.1, 0.15) is 5.65 Å². The van der Waals surface area contributed by atoms with Gasteiger partial charge in [0, 0.05) is 42.1 Å². The summed E-state index contributed by atoms with van der Waals surface area (Å²) >= 11 is 0. The minimum atomic E-state index is 0. The van der Waals surface area contributed by atoms with Gasteiger partial charge in [-0.1, -0.05) is 18.2 Å². The summed E-state index contributed by atoms with van der Waals surface area (Å²) in [5, 5.41) is 8.05. The molecule has 0 aliphatic heterocycles. The minimum absolute atomic E-state index is 0. The number of nitrogens with one attached hydrogen (secondary N) is 3. The van der Waals surface area contributed by atoms with E-state index >= 15 is 0 Å². The molecule has 3 heterocycles. The van der Waals surface area contributed by atoms with E-state index in [9.17, 15) is 0 Å². The van der Waals surface area contributed by atoms with Crippen molar-refractivity contribution in [2.24, 2.45) is 4.99 Å². The third kappa shape index (κ3) is 4.95. The lowest BCUT2D eigenvalue weighted by atomic mass is 10.1. The Balaban J connectivity index is 0.00000256. The maximum absolute atomic E-state index is 4.71. The topological polar surface area (TPSA) is 69.5 Å². The van der Waals surface area contributed by atoms with Gasteiger partial charge in [0.2, 0.25) is 0 Å². The third-order valence-corrected chi connectivity index (χ3v) is 5.10. The highest BCUT2D eigenvalue weighted by Gasteiger charge is 2.06. The number of fused-ring (bicyclic) bond motifs is 2. The molecule has 1 aromatic carbocycles. The molecule has 0 bridgehead atoms. The number of benzene rings is 1. The summed E-state index contributed by atoms with van der Waals surface area (Å²) in [6.45, 7) is 8.46. The molecule has 4 rings (SSSR count). The highest BCUT2D eigenvalue weighted by atomic mass is 127. The second-order valence-corrected chi connectivity index (χ2v) is 7.36. The first-order valence-electron chi connectivity index (χ1n) is 10.2. The van der Waals surface area contributed by atoms with Gasteiger partial charge in [-0.15, -0.1) is 24.0 Å². The number of aryl methyl sites for hydroxylation is 2. The van der Waals surface area contributed by atoms with E-state index in [0.29, 0.717) is 6.54 Å². The molecule has 7 heteroatoms. The van der Waals surface area contributed by atoms with Crippen LogP contribution >= 0.6 is 24.0 Å². The number of imidazole rings is 1. The van der Waals surface area contributed by atoms with Crippen LogP contribution in [0.15, 0.2) is 53.8 Å². The van der Waals surface area contributed by atoms with Crippen molar-refractivity contribution in [3.63, 3.8) is 0 Å². The van der Waals surface area contributed by atoms with Gasteiger partial charge in [-0.25, -0.2) is 9.98 Å². The molecular formula is C23H29IN6. The summed E-state index contributed by atoms with van der Waals surface area (Å²) in [5.41, 5.74) is 6.88. The number of aromatic amines is 1. The second-order valence-electron chi connectivity index (χ2n) is 7.36. The molecular weight excluding hydrogens is 487 g/mol. The number of H-pyrrole nitrogens is 1. The molecule has 4 aromatic rings. The monoisotopic (exact) mass is 516 g/mol. The van der Waals surface area contributed by atoms with Gasteiger partial charge in [0.15, 0.2) is 5.96 Å². The number of nitrogens with zero attached hydrogens (tertiary/aromatic N) is 3. The second kappa shape index (κ2) is 9.97. The van der Waals surface area contributed by atoms with Gasteiger partial charge < -0.3 is 20.0 Å². The number of hydrogen-bond acceptors (Lipinski definition) is 2. The number of aromatic nitrogens is 3. The van der Waals surface area contributed by atoms with Gasteiger partial charge >= 0.3 is 0 Å². The fourth-order valence-corrected chi connectivity index (χ4v) is 3.60. The Hall–Kier alpha value is -2.55. The number of aliphatic imine (C=N–C) groups is 1. The molecule has 0 fully saturated rings. The SMILES string of the molecule is CCNC(=NCc1cn2c(C)cccc2n1)NCCc1c[nH]c2cc(C)ccc12.I. The quantitative estimate of drug-likeness (QED) is 0.203. The Kier molecular flexibility index (Phi) is 7.36. The molecule has 0 saturated carbocycles. The molecule has 0 saturated heterocycles. The van der Waals surface area contributed by atoms with Crippen LogP contribution in [0, 0.1) is 13.8 Å². The van der Waals surface area contributed by atoms with Crippen molar-refractivity contribution in [3.8, 4) is 0 Å². The van der Waals surface area contributed by atoms with Crippen LogP contribution < -0.4 is 10.6 Å². The van der Waals surface area contributed by atoms with E-state index in [4.69, 9.17) is 4.99 Å². The highest BCUT2D eigenvalue weighted by Crippen LogP contribution is 2.19. The number of hydrogen-bond donors (Lipinski definition) is 3. The number of halogens is 1. The zero-order valence-electron chi connectivity index (χ0n) is 17.7. The van der Waals surface area contributed by atoms with Crippen molar-refractivity contribution >= 4 is 46.5 Å². The predicted octanol–water partition coefficient (Wildman–Crippen LogP) is 4.35. The van der Waals surface area contributed by atoms with Crippen molar-refractivity contribution in [1.29, 1.82) is 0 Å². The number of pyridine rings is 1. The van der Waals surface area contributed by atoms with Crippen LogP contribution in [0.1, 0.15) is 29.4 Å². The van der Waals surface area contributed by atoms with Crippen LogP contribution in [0.25, 0.3) is 16.6 Å². The van der Waals surface area contributed by atoms with Gasteiger partial charge in [-0.2, -0.15) is 0 Å². The molecule has 30 heavy (non-hydrogen) atoms. The van der Waals surface area contributed by atoms with Gasteiger partial charge in [-0.05, 0) is 56.5 Å². The summed E-state index contributed by atoms with van der Waals surface area (Å²) in [5.74, 6) is 0.817. The van der Waals surface area contributed by atoms with E-state index in [-0.39, 0.29) is 24.0 Å². The summed E-state index contributed by atoms with van der Waals surface area (Å²) in [6, 6.07) is 12.7. The van der Waals surface area contributed by atoms with E-state index in [1.165, 1.54) is 27.7 Å². The van der Waals surface area contributed by atoms with Crippen LogP contribution in [0.4, 0.5) is 0 Å². The average molecular weight is 516 g/mol. The van der Waals surface area contributed by atoms with Crippen molar-refractivity contribution in [1.82, 2.24) is 25.0 Å². The molecule has 0 spiro atoms. The lowest BCUT2D eigenvalue weighted by molar-refractivity contribution is 0.799. The highest BCUT2D eigenvalue weighted by molar-refractivity contribution is 14.0. The lowest BCUT2D eigenvalue weighted by Crippen LogP contribution is -2.38. The predicted molar refractivity (Wildman–Crippen MR) is 135 cm³/mol. The van der Waals surface area contributed by atoms with Crippen LogP contribution in [0.2, 0.25) is 0 Å². The Bertz CT molecular complexity index is 1160. The van der Waals surface area contributed by atoms with E-state index < -0.39 is 0 Å². The Morgan fingerprint density at radius 1 is 1.17 bits per heavy atom. The summed E-state index contributed by atoms with van der Waals surface area (Å²) in [7, 11) is 0. The summed E-state index contributed by atoms with van der Waals surface area (Å²) in [4.78, 5) is 12.7. The molecule has 0 radical (unpaired) electrons. The number of rotatable bonds is 6. The van der Waals surface area contributed by atoms with Crippen molar-refractivity contribution in [2.45, 2.75) is 33.7 Å². The van der Waals surface area contributed by atoms with E-state index in [1.54, 1.807) is 0 Å². The fourth-order valence-electron chi connectivity index (χ4n) is 3.60. The molecule has 158 valence electrons. The summed E-state index contributed by atoms with van der Waals surface area (Å²) < 4.78 is 2.10. The maximum atomic E-state index is 4.71. The zero-order valence-corrected chi connectivity index (χ0v) is 20.0. The van der Waals surface area contributed by atoms with Gasteiger partial charge in [0.05, 0.1) is 12.2 Å². The molecule has 0 unspecified atom stereocenters. The number of guanidine groups is 1. The normalized spacial score (nSPS) is 11.6. The van der Waals surface area contributed by atoms with Crippen LogP contribution in [0.3, 0.4) is 0 Å². The van der Waals surface area contributed by atoms with E-state index in [1.807, 2.05) is 12.1 Å². The van der Waals surface area contributed by atoms with Crippen LogP contribution in [-0.2, 0) is 13.0 Å². The molecule has 3 N–H and O–H groups in total. The van der Waals surface area contributed by atoms with Crippen molar-refractivity contribution < 1.29 is 0 Å². The van der Waals surface area contributed by atoms with Gasteiger partial charge in [0.25, 0.3) is 0 Å². The van der Waals surface area contributed by atoms with E-state index in [2.05, 4.69) is 82.4 Å². The largest absolute Gasteiger partial charge is 0.361 e. The lowest BCUT2D eigenvalue weighted by Gasteiger charge is -2.10. The Morgan fingerprint density at radius 3 is 2.83 bits per heavy atom. The molecule has 0 amide bonds. The van der Waals surface area contributed by atoms with Crippen LogP contribution in [0.5, 0.6) is 0 Å². The zero-order chi connectivity index (χ0) is 20.2. The van der Waals surface area contributed by atoms with Crippen molar-refractivity contribution in [2.75, 3.05) is 13.1 Å². The minimum Gasteiger partial charge on any atom is -0.361 e. The molecule has 3 aromatic heterocycles. The maximum Gasteiger partial charge on any atom is 0.191 e. The fraction of sp³-hybridized carbons (Fsp3) is 0.304. The average Bonchev–Trinajstić information content (AvgIpc) is 3.30. The first-order chi connectivity index (χ1) is 14.1. The molecule has 0 atom stereocenters. The van der Waals surface area contributed by atoms with Gasteiger partial charge in [-0.3, -0.25) is 0 Å². The third-order valence-electron chi connectivity index (χ3n) is 5.10. The smallest absolute Gasteiger partial charge is 0.191 e. The Labute approximate surface area is 194 Å². The Morgan fingerprint density at radius 2 is 2.03 bits per heavy atom. The first-order valence-corrected chi connectivity index (χ1v) is 10.2.